The summed E-state index contributed by atoms with van der Waals surface area (Å²) in [5, 5.41) is 15.7. The van der Waals surface area contributed by atoms with Crippen molar-refractivity contribution in [3.8, 4) is 40.0 Å². The molecule has 2 aromatic carbocycles. The minimum absolute atomic E-state index is 0.0382. The third-order valence-electron chi connectivity index (χ3n) is 6.29. The van der Waals surface area contributed by atoms with Crippen LogP contribution < -0.4 is 14.2 Å². The first-order chi connectivity index (χ1) is 17.2. The molecule has 1 fully saturated rings. The number of hydrogen-bond acceptors (Lipinski definition) is 8. The normalized spacial score (nSPS) is 16.9. The molecule has 4 aromatic rings. The van der Waals surface area contributed by atoms with Crippen LogP contribution in [0.4, 0.5) is 0 Å². The number of carbonyl (C=O) groups excluding carboxylic acids is 1. The number of ether oxygens (including phenoxy) is 3. The Bertz CT molecular complexity index is 1380. The summed E-state index contributed by atoms with van der Waals surface area (Å²) in [6, 6.07) is 14.9. The number of fused-ring (bicyclic) bond motifs is 1. The molecule has 0 radical (unpaired) electrons. The largest absolute Gasteiger partial charge is 0.497 e. The highest BCUT2D eigenvalue weighted by molar-refractivity contribution is 5.93. The van der Waals surface area contributed by atoms with E-state index in [9.17, 15) is 4.79 Å². The predicted octanol–water partition coefficient (Wildman–Crippen LogP) is 3.88. The Morgan fingerprint density at radius 2 is 2.00 bits per heavy atom. The summed E-state index contributed by atoms with van der Waals surface area (Å²) in [5.41, 5.74) is 2.76. The van der Waals surface area contributed by atoms with E-state index in [1.54, 1.807) is 13.2 Å². The zero-order valence-corrected chi connectivity index (χ0v) is 19.1. The molecule has 2 aliphatic rings. The molecular formula is C25H23N5O5. The lowest BCUT2D eigenvalue weighted by Gasteiger charge is -2.30. The quantitative estimate of drug-likeness (QED) is 0.464. The lowest BCUT2D eigenvalue weighted by molar-refractivity contribution is 0.0692. The molecule has 2 aromatic heterocycles. The van der Waals surface area contributed by atoms with Crippen LogP contribution in [0.25, 0.3) is 22.7 Å². The second-order valence-electron chi connectivity index (χ2n) is 8.50. The van der Waals surface area contributed by atoms with Gasteiger partial charge in [0, 0.05) is 24.2 Å². The molecule has 10 heteroatoms. The van der Waals surface area contributed by atoms with E-state index in [-0.39, 0.29) is 18.6 Å². The Labute approximate surface area is 200 Å². The van der Waals surface area contributed by atoms with E-state index < -0.39 is 0 Å². The molecule has 0 spiro atoms. The predicted molar refractivity (Wildman–Crippen MR) is 124 cm³/mol. The van der Waals surface area contributed by atoms with Gasteiger partial charge >= 0.3 is 0 Å². The number of aromatic nitrogens is 4. The van der Waals surface area contributed by atoms with Gasteiger partial charge < -0.3 is 23.5 Å². The number of benzene rings is 2. The Hall–Kier alpha value is -4.34. The van der Waals surface area contributed by atoms with Crippen LogP contribution in [0.15, 0.2) is 52.9 Å². The molecule has 0 aliphatic carbocycles. The van der Waals surface area contributed by atoms with Gasteiger partial charge in [0.25, 0.3) is 5.91 Å². The summed E-state index contributed by atoms with van der Waals surface area (Å²) in [6.07, 6.45) is 1.71. The molecule has 0 saturated carbocycles. The highest BCUT2D eigenvalue weighted by atomic mass is 16.7. The van der Waals surface area contributed by atoms with E-state index in [1.165, 1.54) is 0 Å². The van der Waals surface area contributed by atoms with Crippen LogP contribution in [-0.4, -0.2) is 58.2 Å². The molecular weight excluding hydrogens is 450 g/mol. The monoisotopic (exact) mass is 473 g/mol. The SMILES string of the molecule is COc1cccc(-c2cc(C(=O)N3CCCC(c4nnc(-c5ccc6c(c5)OCO6)o4)C3)[nH]n2)c1. The second-order valence-corrected chi connectivity index (χ2v) is 8.50. The molecule has 178 valence electrons. The maximum absolute atomic E-state index is 13.2. The second kappa shape index (κ2) is 8.79. The van der Waals surface area contributed by atoms with Crippen LogP contribution in [0.1, 0.15) is 35.1 Å². The number of rotatable bonds is 5. The van der Waals surface area contributed by atoms with Gasteiger partial charge in [-0.05, 0) is 49.2 Å². The maximum atomic E-state index is 13.2. The molecule has 6 rings (SSSR count). The molecule has 1 unspecified atom stereocenters. The smallest absolute Gasteiger partial charge is 0.271 e. The summed E-state index contributed by atoms with van der Waals surface area (Å²) in [7, 11) is 1.62. The highest BCUT2D eigenvalue weighted by Crippen LogP contribution is 2.36. The van der Waals surface area contributed by atoms with Gasteiger partial charge in [0.2, 0.25) is 18.6 Å². The zero-order chi connectivity index (χ0) is 23.8. The Morgan fingerprint density at radius 3 is 2.91 bits per heavy atom. The number of H-pyrrole nitrogens is 1. The first-order valence-corrected chi connectivity index (χ1v) is 11.4. The fourth-order valence-electron chi connectivity index (χ4n) is 4.44. The Balaban J connectivity index is 1.16. The number of likely N-dealkylation sites (tertiary alicyclic amines) is 1. The number of methoxy groups -OCH3 is 1. The third-order valence-corrected chi connectivity index (χ3v) is 6.29. The van der Waals surface area contributed by atoms with Gasteiger partial charge in [-0.15, -0.1) is 10.2 Å². The number of piperidine rings is 1. The minimum atomic E-state index is -0.105. The van der Waals surface area contributed by atoms with Crippen LogP contribution in [-0.2, 0) is 0 Å². The molecule has 1 N–H and O–H groups in total. The van der Waals surface area contributed by atoms with Gasteiger partial charge in [0.15, 0.2) is 11.5 Å². The topological polar surface area (TPSA) is 116 Å². The molecule has 4 heterocycles. The van der Waals surface area contributed by atoms with Crippen LogP contribution in [0, 0.1) is 0 Å². The summed E-state index contributed by atoms with van der Waals surface area (Å²) in [4.78, 5) is 15.0. The lowest BCUT2D eigenvalue weighted by atomic mass is 9.97. The van der Waals surface area contributed by atoms with Gasteiger partial charge in [-0.2, -0.15) is 5.10 Å². The van der Waals surface area contributed by atoms with E-state index in [4.69, 9.17) is 18.6 Å². The Morgan fingerprint density at radius 1 is 1.09 bits per heavy atom. The zero-order valence-electron chi connectivity index (χ0n) is 19.1. The average Bonchev–Trinajstić information content (AvgIpc) is 3.68. The van der Waals surface area contributed by atoms with Crippen molar-refractivity contribution in [3.05, 3.63) is 60.1 Å². The number of carbonyl (C=O) groups is 1. The van der Waals surface area contributed by atoms with Crippen molar-refractivity contribution >= 4 is 5.91 Å². The van der Waals surface area contributed by atoms with Crippen molar-refractivity contribution < 1.29 is 23.4 Å². The standard InChI is InChI=1S/C25H23N5O5/c1-32-18-6-2-4-15(10-18)19-12-20(27-26-19)25(31)30-9-3-5-17(13-30)24-29-28-23(35-24)16-7-8-21-22(11-16)34-14-33-21/h2,4,6-8,10-12,17H,3,5,9,13-14H2,1H3,(H,26,27). The molecule has 1 amide bonds. The van der Waals surface area contributed by atoms with Crippen molar-refractivity contribution in [2.24, 2.45) is 0 Å². The van der Waals surface area contributed by atoms with Crippen LogP contribution >= 0.6 is 0 Å². The van der Waals surface area contributed by atoms with Crippen molar-refractivity contribution in [3.63, 3.8) is 0 Å². The van der Waals surface area contributed by atoms with Gasteiger partial charge in [0.1, 0.15) is 11.4 Å². The first kappa shape index (κ1) is 21.2. The number of amides is 1. The molecule has 0 bridgehead atoms. The van der Waals surface area contributed by atoms with Crippen molar-refractivity contribution in [1.82, 2.24) is 25.3 Å². The van der Waals surface area contributed by atoms with E-state index in [0.29, 0.717) is 47.8 Å². The Kier molecular flexibility index (Phi) is 5.32. The van der Waals surface area contributed by atoms with Gasteiger partial charge in [0.05, 0.1) is 18.7 Å². The average molecular weight is 473 g/mol. The van der Waals surface area contributed by atoms with E-state index in [0.717, 1.165) is 29.7 Å². The van der Waals surface area contributed by atoms with Gasteiger partial charge in [-0.25, -0.2) is 0 Å². The van der Waals surface area contributed by atoms with Crippen molar-refractivity contribution in [1.29, 1.82) is 0 Å². The summed E-state index contributed by atoms with van der Waals surface area (Å²) in [6.45, 7) is 1.36. The van der Waals surface area contributed by atoms with Crippen LogP contribution in [0.5, 0.6) is 17.2 Å². The summed E-state index contributed by atoms with van der Waals surface area (Å²) < 4.78 is 22.1. The van der Waals surface area contributed by atoms with Crippen molar-refractivity contribution in [2.45, 2.75) is 18.8 Å². The third kappa shape index (κ3) is 4.07. The number of nitrogens with one attached hydrogen (secondary N) is 1. The molecule has 1 saturated heterocycles. The van der Waals surface area contributed by atoms with E-state index >= 15 is 0 Å². The van der Waals surface area contributed by atoms with Crippen LogP contribution in [0.2, 0.25) is 0 Å². The molecule has 10 nitrogen and oxygen atoms in total. The fourth-order valence-corrected chi connectivity index (χ4v) is 4.44. The van der Waals surface area contributed by atoms with Gasteiger partial charge in [-0.3, -0.25) is 9.89 Å². The number of hydrogen-bond donors (Lipinski definition) is 1. The van der Waals surface area contributed by atoms with E-state index in [2.05, 4.69) is 20.4 Å². The summed E-state index contributed by atoms with van der Waals surface area (Å²) >= 11 is 0. The summed E-state index contributed by atoms with van der Waals surface area (Å²) in [5.74, 6) is 2.88. The first-order valence-electron chi connectivity index (χ1n) is 11.4. The maximum Gasteiger partial charge on any atom is 0.271 e. The van der Waals surface area contributed by atoms with E-state index in [1.807, 2.05) is 47.4 Å². The lowest BCUT2D eigenvalue weighted by Crippen LogP contribution is -2.39. The molecule has 2 aliphatic heterocycles. The van der Waals surface area contributed by atoms with Gasteiger partial charge in [-0.1, -0.05) is 12.1 Å². The number of nitrogens with zero attached hydrogens (tertiary/aromatic N) is 4. The number of aromatic amines is 1. The highest BCUT2D eigenvalue weighted by Gasteiger charge is 2.30. The van der Waals surface area contributed by atoms with Crippen LogP contribution in [0.3, 0.4) is 0 Å². The minimum Gasteiger partial charge on any atom is -0.497 e. The fraction of sp³-hybridized carbons (Fsp3) is 0.280. The molecule has 35 heavy (non-hydrogen) atoms. The molecule has 1 atom stereocenters. The van der Waals surface area contributed by atoms with Crippen molar-refractivity contribution in [2.75, 3.05) is 27.0 Å².